The van der Waals surface area contributed by atoms with E-state index in [2.05, 4.69) is 10.3 Å². The molecule has 0 aliphatic rings. The number of hydrogen-bond acceptors (Lipinski definition) is 2. The summed E-state index contributed by atoms with van der Waals surface area (Å²) in [5.41, 5.74) is 1.84. The normalized spacial score (nSPS) is 11.3. The molecule has 0 unspecified atom stereocenters. The van der Waals surface area contributed by atoms with E-state index in [0.717, 1.165) is 11.1 Å². The Bertz CT molecular complexity index is 411. The Morgan fingerprint density at radius 3 is 2.60 bits per heavy atom. The first-order valence-corrected chi connectivity index (χ1v) is 4.59. The van der Waals surface area contributed by atoms with Crippen molar-refractivity contribution in [2.45, 2.75) is 6.92 Å². The number of carbonyl (C=O) groups is 1. The SMILES string of the molecule is CN=C(NC)c1ccc(C)c(C(=O)O)c1. The number of aromatic carboxylic acids is 1. The summed E-state index contributed by atoms with van der Waals surface area (Å²) in [4.78, 5) is 14.9. The van der Waals surface area contributed by atoms with Crippen LogP contribution < -0.4 is 5.32 Å². The van der Waals surface area contributed by atoms with Crippen molar-refractivity contribution in [2.24, 2.45) is 4.99 Å². The van der Waals surface area contributed by atoms with Crippen LogP contribution in [0.15, 0.2) is 23.2 Å². The minimum atomic E-state index is -0.916. The second kappa shape index (κ2) is 4.59. The van der Waals surface area contributed by atoms with Crippen LogP contribution in [0.5, 0.6) is 0 Å². The third kappa shape index (κ3) is 2.34. The van der Waals surface area contributed by atoms with Crippen LogP contribution in [-0.2, 0) is 0 Å². The smallest absolute Gasteiger partial charge is 0.335 e. The second-order valence-electron chi connectivity index (χ2n) is 3.16. The molecule has 0 saturated heterocycles. The van der Waals surface area contributed by atoms with E-state index in [1.54, 1.807) is 33.2 Å². The van der Waals surface area contributed by atoms with Gasteiger partial charge in [0.1, 0.15) is 5.84 Å². The molecular formula is C11H14N2O2. The standard InChI is InChI=1S/C11H14N2O2/c1-7-4-5-8(10(12-2)13-3)6-9(7)11(14)15/h4-6H,1-3H3,(H,12,13)(H,14,15). The summed E-state index contributed by atoms with van der Waals surface area (Å²) in [6.45, 7) is 1.77. The quantitative estimate of drug-likeness (QED) is 0.566. The monoisotopic (exact) mass is 206 g/mol. The van der Waals surface area contributed by atoms with Crippen LogP contribution in [0.3, 0.4) is 0 Å². The van der Waals surface area contributed by atoms with Gasteiger partial charge in [0.25, 0.3) is 0 Å². The van der Waals surface area contributed by atoms with Crippen molar-refractivity contribution < 1.29 is 9.90 Å². The van der Waals surface area contributed by atoms with E-state index in [-0.39, 0.29) is 0 Å². The van der Waals surface area contributed by atoms with Crippen LogP contribution in [0.25, 0.3) is 0 Å². The van der Waals surface area contributed by atoms with E-state index in [0.29, 0.717) is 11.4 Å². The zero-order valence-corrected chi connectivity index (χ0v) is 9.03. The summed E-state index contributed by atoms with van der Waals surface area (Å²) in [6.07, 6.45) is 0. The Hall–Kier alpha value is -1.84. The molecule has 0 radical (unpaired) electrons. The fourth-order valence-corrected chi connectivity index (χ4v) is 1.38. The molecule has 2 N–H and O–H groups in total. The molecule has 1 aromatic rings. The summed E-state index contributed by atoms with van der Waals surface area (Å²) in [5.74, 6) is -0.238. The number of carboxylic acid groups (broad SMARTS) is 1. The molecule has 1 aromatic carbocycles. The Labute approximate surface area is 88.7 Å². The van der Waals surface area contributed by atoms with Gasteiger partial charge in [-0.15, -0.1) is 0 Å². The van der Waals surface area contributed by atoms with E-state index < -0.39 is 5.97 Å². The number of nitrogens with zero attached hydrogens (tertiary/aromatic N) is 1. The maximum atomic E-state index is 10.9. The first-order valence-electron chi connectivity index (χ1n) is 4.59. The summed E-state index contributed by atoms with van der Waals surface area (Å²) >= 11 is 0. The van der Waals surface area contributed by atoms with Gasteiger partial charge in [-0.3, -0.25) is 4.99 Å². The largest absolute Gasteiger partial charge is 0.478 e. The average molecular weight is 206 g/mol. The number of aryl methyl sites for hydroxylation is 1. The minimum absolute atomic E-state index is 0.309. The van der Waals surface area contributed by atoms with Crippen molar-refractivity contribution in [1.82, 2.24) is 5.32 Å². The van der Waals surface area contributed by atoms with Gasteiger partial charge in [-0.25, -0.2) is 4.79 Å². The van der Waals surface area contributed by atoms with Gasteiger partial charge < -0.3 is 10.4 Å². The lowest BCUT2D eigenvalue weighted by Crippen LogP contribution is -2.20. The molecule has 0 aromatic heterocycles. The van der Waals surface area contributed by atoms with E-state index in [1.807, 2.05) is 6.07 Å². The molecule has 0 heterocycles. The number of aliphatic imine (C=N–C) groups is 1. The Kier molecular flexibility index (Phi) is 3.44. The van der Waals surface area contributed by atoms with E-state index in [9.17, 15) is 4.79 Å². The van der Waals surface area contributed by atoms with E-state index >= 15 is 0 Å². The zero-order chi connectivity index (χ0) is 11.4. The van der Waals surface area contributed by atoms with Crippen LogP contribution in [0.1, 0.15) is 21.5 Å². The first kappa shape index (κ1) is 11.2. The number of benzene rings is 1. The molecule has 0 bridgehead atoms. The number of nitrogens with one attached hydrogen (secondary N) is 1. The molecule has 0 aliphatic heterocycles. The van der Waals surface area contributed by atoms with Crippen molar-refractivity contribution in [2.75, 3.05) is 14.1 Å². The molecule has 0 atom stereocenters. The highest BCUT2D eigenvalue weighted by molar-refractivity contribution is 6.01. The molecule has 4 nitrogen and oxygen atoms in total. The first-order chi connectivity index (χ1) is 7.10. The second-order valence-corrected chi connectivity index (χ2v) is 3.16. The van der Waals surface area contributed by atoms with Gasteiger partial charge in [-0.05, 0) is 18.6 Å². The van der Waals surface area contributed by atoms with Crippen molar-refractivity contribution in [3.05, 3.63) is 34.9 Å². The van der Waals surface area contributed by atoms with Crippen LogP contribution in [0, 0.1) is 6.92 Å². The molecule has 1 rings (SSSR count). The Balaban J connectivity index is 3.24. The molecule has 15 heavy (non-hydrogen) atoms. The predicted molar refractivity (Wildman–Crippen MR) is 59.7 cm³/mol. The Morgan fingerprint density at radius 2 is 2.13 bits per heavy atom. The fraction of sp³-hybridized carbons (Fsp3) is 0.273. The van der Waals surface area contributed by atoms with Crippen LogP contribution >= 0.6 is 0 Å². The van der Waals surface area contributed by atoms with Gasteiger partial charge >= 0.3 is 5.97 Å². The highest BCUT2D eigenvalue weighted by atomic mass is 16.4. The summed E-state index contributed by atoms with van der Waals surface area (Å²) in [5, 5.41) is 11.9. The Morgan fingerprint density at radius 1 is 1.47 bits per heavy atom. The number of hydrogen-bond donors (Lipinski definition) is 2. The van der Waals surface area contributed by atoms with Gasteiger partial charge in [0, 0.05) is 19.7 Å². The van der Waals surface area contributed by atoms with Crippen LogP contribution in [0.4, 0.5) is 0 Å². The molecule has 0 spiro atoms. The van der Waals surface area contributed by atoms with Crippen molar-refractivity contribution in [1.29, 1.82) is 0 Å². The van der Waals surface area contributed by atoms with Crippen LogP contribution in [-0.4, -0.2) is 31.0 Å². The van der Waals surface area contributed by atoms with Gasteiger partial charge in [0.15, 0.2) is 0 Å². The zero-order valence-electron chi connectivity index (χ0n) is 9.03. The number of amidine groups is 1. The molecule has 0 aliphatic carbocycles. The maximum Gasteiger partial charge on any atom is 0.335 e. The van der Waals surface area contributed by atoms with Crippen molar-refractivity contribution in [3.8, 4) is 0 Å². The van der Waals surface area contributed by atoms with Gasteiger partial charge in [0.2, 0.25) is 0 Å². The number of rotatable bonds is 2. The van der Waals surface area contributed by atoms with Gasteiger partial charge in [0.05, 0.1) is 5.56 Å². The van der Waals surface area contributed by atoms with E-state index in [4.69, 9.17) is 5.11 Å². The highest BCUT2D eigenvalue weighted by Crippen LogP contribution is 2.11. The third-order valence-corrected chi connectivity index (χ3v) is 2.20. The minimum Gasteiger partial charge on any atom is -0.478 e. The fourth-order valence-electron chi connectivity index (χ4n) is 1.38. The van der Waals surface area contributed by atoms with Crippen LogP contribution in [0.2, 0.25) is 0 Å². The predicted octanol–water partition coefficient (Wildman–Crippen LogP) is 1.29. The molecule has 0 amide bonds. The molecule has 0 fully saturated rings. The molecule has 80 valence electrons. The van der Waals surface area contributed by atoms with Crippen molar-refractivity contribution >= 4 is 11.8 Å². The average Bonchev–Trinajstić information content (AvgIpc) is 2.21. The molecule has 4 heteroatoms. The maximum absolute atomic E-state index is 10.9. The summed E-state index contributed by atoms with van der Waals surface area (Å²) in [6, 6.07) is 5.25. The lowest BCUT2D eigenvalue weighted by Gasteiger charge is -2.07. The lowest BCUT2D eigenvalue weighted by atomic mass is 10.0. The third-order valence-electron chi connectivity index (χ3n) is 2.20. The van der Waals surface area contributed by atoms with E-state index in [1.165, 1.54) is 0 Å². The summed E-state index contributed by atoms with van der Waals surface area (Å²) < 4.78 is 0. The topological polar surface area (TPSA) is 61.7 Å². The van der Waals surface area contributed by atoms with Gasteiger partial charge in [-0.2, -0.15) is 0 Å². The number of carboxylic acids is 1. The summed E-state index contributed by atoms with van der Waals surface area (Å²) in [7, 11) is 3.41. The molecular weight excluding hydrogens is 192 g/mol. The van der Waals surface area contributed by atoms with Gasteiger partial charge in [-0.1, -0.05) is 12.1 Å². The van der Waals surface area contributed by atoms with Crippen molar-refractivity contribution in [3.63, 3.8) is 0 Å². The molecule has 0 saturated carbocycles. The highest BCUT2D eigenvalue weighted by Gasteiger charge is 2.09. The lowest BCUT2D eigenvalue weighted by molar-refractivity contribution is 0.0696.